The van der Waals surface area contributed by atoms with Crippen molar-refractivity contribution in [2.45, 2.75) is 64.3 Å². The molecule has 54 heavy (non-hydrogen) atoms. The molecule has 5 N–H and O–H groups in total. The van der Waals surface area contributed by atoms with Gasteiger partial charge in [-0.15, -0.1) is 20.7 Å². The summed E-state index contributed by atoms with van der Waals surface area (Å²) in [4.78, 5) is 54.1. The molecule has 3 amide bonds. The van der Waals surface area contributed by atoms with E-state index >= 15 is 0 Å². The van der Waals surface area contributed by atoms with E-state index in [9.17, 15) is 22.8 Å². The first kappa shape index (κ1) is 38.0. The van der Waals surface area contributed by atoms with Crippen molar-refractivity contribution in [3.8, 4) is 5.75 Å². The number of nitrogens with one attached hydrogen (secondary N) is 2. The topological polar surface area (TPSA) is 281 Å². The Morgan fingerprint density at radius 3 is 2.59 bits per heavy atom. The number of β-lactam (4-membered cyclic amide) rings is 1. The van der Waals surface area contributed by atoms with Gasteiger partial charge in [0.05, 0.1) is 23.7 Å². The summed E-state index contributed by atoms with van der Waals surface area (Å²) in [5.41, 5.74) is 4.15. The lowest BCUT2D eigenvalue weighted by molar-refractivity contribution is -0.218. The lowest BCUT2D eigenvalue weighted by Crippen LogP contribution is -2.76. The quantitative estimate of drug-likeness (QED) is 0.0624. The number of thiazole rings is 1. The number of carbonyl (C=O) groups excluding carboxylic acids is 3. The van der Waals surface area contributed by atoms with Gasteiger partial charge in [-0.1, -0.05) is 5.10 Å². The van der Waals surface area contributed by atoms with Crippen LogP contribution < -0.4 is 26.0 Å². The third kappa shape index (κ3) is 8.90. The van der Waals surface area contributed by atoms with Gasteiger partial charge in [0, 0.05) is 35.2 Å². The molecule has 5 heterocycles. The summed E-state index contributed by atoms with van der Waals surface area (Å²) >= 11 is 1.01. The molecule has 2 fully saturated rings. The molecule has 2 aliphatic rings. The summed E-state index contributed by atoms with van der Waals surface area (Å²) < 4.78 is 46.8. The van der Waals surface area contributed by atoms with Crippen LogP contribution in [0.3, 0.4) is 0 Å². The van der Waals surface area contributed by atoms with Crippen molar-refractivity contribution in [3.63, 3.8) is 0 Å². The van der Waals surface area contributed by atoms with E-state index in [-0.39, 0.29) is 41.8 Å². The molecule has 24 heteroatoms. The molecule has 2 aliphatic heterocycles. The second kappa shape index (κ2) is 14.6. The summed E-state index contributed by atoms with van der Waals surface area (Å²) in [6.07, 6.45) is -0.110. The number of rotatable bonds is 13. The van der Waals surface area contributed by atoms with Gasteiger partial charge in [-0.3, -0.25) is 14.1 Å². The molecule has 1 atom stereocenters. The van der Waals surface area contributed by atoms with Crippen molar-refractivity contribution < 1.29 is 46.1 Å². The van der Waals surface area contributed by atoms with Crippen LogP contribution in [-0.4, -0.2) is 120 Å². The third-order valence-electron chi connectivity index (χ3n) is 7.88. The van der Waals surface area contributed by atoms with E-state index in [0.717, 1.165) is 22.2 Å². The molecule has 1 aromatic carbocycles. The van der Waals surface area contributed by atoms with Crippen LogP contribution in [-0.2, 0) is 35.4 Å². The molecular weight excluding hydrogens is 753 g/mol. The maximum absolute atomic E-state index is 13.2. The molecular formula is C30H36N12O10S2. The third-order valence-corrected chi connectivity index (χ3v) is 8.90. The maximum atomic E-state index is 13.2. The number of benzene rings is 1. The number of hydrogen-bond acceptors (Lipinski definition) is 18. The maximum Gasteiger partial charge on any atom is 0.418 e. The second-order valence-corrected chi connectivity index (χ2v) is 15.5. The smallest absolute Gasteiger partial charge is 0.418 e. The Bertz CT molecular complexity index is 2210. The number of tetrazole rings is 1. The van der Waals surface area contributed by atoms with E-state index in [0.29, 0.717) is 34.7 Å². The Labute approximate surface area is 311 Å². The summed E-state index contributed by atoms with van der Waals surface area (Å²) in [5, 5.41) is 24.1. The molecule has 0 saturated carbocycles. The van der Waals surface area contributed by atoms with Gasteiger partial charge in [-0.05, 0) is 75.3 Å². The first-order valence-electron chi connectivity index (χ1n) is 16.2. The highest BCUT2D eigenvalue weighted by atomic mass is 32.3. The van der Waals surface area contributed by atoms with Crippen molar-refractivity contribution in [1.82, 2.24) is 45.6 Å². The van der Waals surface area contributed by atoms with E-state index in [1.54, 1.807) is 11.0 Å². The van der Waals surface area contributed by atoms with E-state index in [4.69, 9.17) is 24.7 Å². The molecule has 4 aromatic rings. The number of nitrogen functional groups attached to an aromatic ring is 1. The Kier molecular flexibility index (Phi) is 10.3. The molecule has 22 nitrogen and oxygen atoms in total. The minimum atomic E-state index is -4.99. The van der Waals surface area contributed by atoms with Crippen molar-refractivity contribution in [1.29, 1.82) is 0 Å². The predicted octanol–water partition coefficient (Wildman–Crippen LogP) is 0.586. The highest BCUT2D eigenvalue weighted by Gasteiger charge is 2.58. The Balaban J connectivity index is 1.01. The van der Waals surface area contributed by atoms with Crippen LogP contribution in [0.5, 0.6) is 5.75 Å². The van der Waals surface area contributed by atoms with Crippen LogP contribution in [0.1, 0.15) is 46.1 Å². The fourth-order valence-corrected chi connectivity index (χ4v) is 6.25. The molecule has 0 bridgehead atoms. The van der Waals surface area contributed by atoms with E-state index in [1.807, 2.05) is 45.0 Å². The molecule has 0 radical (unpaired) electrons. The number of ether oxygens (including phenoxy) is 2. The van der Waals surface area contributed by atoms with Gasteiger partial charge in [0.2, 0.25) is 0 Å². The number of aromatic nitrogens is 6. The number of amides is 3. The van der Waals surface area contributed by atoms with E-state index in [1.165, 1.54) is 19.2 Å². The van der Waals surface area contributed by atoms with Gasteiger partial charge in [0.25, 0.3) is 11.8 Å². The van der Waals surface area contributed by atoms with Crippen molar-refractivity contribution in [2.24, 2.45) is 5.16 Å². The number of pyridine rings is 1. The number of anilines is 2. The Morgan fingerprint density at radius 2 is 1.93 bits per heavy atom. The zero-order valence-electron chi connectivity index (χ0n) is 29.5. The summed E-state index contributed by atoms with van der Waals surface area (Å²) in [6.45, 7) is 9.51. The predicted molar refractivity (Wildman–Crippen MR) is 189 cm³/mol. The van der Waals surface area contributed by atoms with Crippen LogP contribution in [0.25, 0.3) is 10.9 Å². The fourth-order valence-electron chi connectivity index (χ4n) is 5.25. The Morgan fingerprint density at radius 1 is 1.17 bits per heavy atom. The number of nitrogens with two attached hydrogens (primary N) is 1. The van der Waals surface area contributed by atoms with Gasteiger partial charge in [0.15, 0.2) is 16.7 Å². The largest absolute Gasteiger partial charge is 0.493 e. The number of fused-ring (bicyclic) bond motifs is 1. The zero-order valence-corrected chi connectivity index (χ0v) is 31.1. The Hall–Kier alpha value is -5.72. The number of carbonyl (C=O) groups is 3. The van der Waals surface area contributed by atoms with Crippen molar-refractivity contribution in [3.05, 3.63) is 47.2 Å². The van der Waals surface area contributed by atoms with Crippen LogP contribution in [0.4, 0.5) is 15.7 Å². The number of hydrogen-bond donors (Lipinski definition) is 4. The highest BCUT2D eigenvalue weighted by Crippen LogP contribution is 2.33. The lowest BCUT2D eigenvalue weighted by Gasteiger charge is -2.50. The SMILES string of the molecule is CC(C)(C)OC(=O)N1CC(Nc2ccc3cc(OCCc4nnn(O/N=C(\C(=O)N[C@@H]5C(=O)N(OS(=O)(=O)O)C5(C)C)c5csc(N)n5)n4)ccc3n2)C1. The number of nitrogens with zero attached hydrogens (tertiary/aromatic N) is 9. The van der Waals surface area contributed by atoms with Gasteiger partial charge >= 0.3 is 16.5 Å². The van der Waals surface area contributed by atoms with Gasteiger partial charge < -0.3 is 30.7 Å². The summed E-state index contributed by atoms with van der Waals surface area (Å²) in [6, 6.07) is 8.03. The standard InChI is InChI=1S/C30H36N12O10S2/c1-29(2,3)50-28(45)40-13-17(14-40)32-21-9-6-16-12-18(7-8-19(16)33-21)49-11-10-22-36-39-42(37-22)51-38-23(20-15-53-27(31)34-20)25(43)35-24-26(44)41(30(24,4)5)52-54(46,47)48/h6-9,12,15,17,24H,10-11,13-14H2,1-5H3,(H2,31,34)(H,32,33)(H,35,43)(H,46,47,48)/b38-23-/t24-/m1/s1. The molecule has 3 aromatic heterocycles. The van der Waals surface area contributed by atoms with Crippen LogP contribution >= 0.6 is 11.3 Å². The summed E-state index contributed by atoms with van der Waals surface area (Å²) in [7, 11) is -4.99. The van der Waals surface area contributed by atoms with Crippen molar-refractivity contribution in [2.75, 3.05) is 30.7 Å². The fraction of sp³-hybridized carbons (Fsp3) is 0.433. The van der Waals surface area contributed by atoms with Crippen LogP contribution in [0.2, 0.25) is 0 Å². The number of oxime groups is 1. The number of hydroxylamine groups is 2. The molecule has 0 spiro atoms. The minimum absolute atomic E-state index is 0.00225. The van der Waals surface area contributed by atoms with Crippen LogP contribution in [0, 0.1) is 0 Å². The average Bonchev–Trinajstić information content (AvgIpc) is 3.71. The van der Waals surface area contributed by atoms with Crippen LogP contribution in [0.15, 0.2) is 40.9 Å². The lowest BCUT2D eigenvalue weighted by atomic mass is 9.84. The second-order valence-electron chi connectivity index (χ2n) is 13.6. The highest BCUT2D eigenvalue weighted by molar-refractivity contribution is 7.80. The van der Waals surface area contributed by atoms with Gasteiger partial charge in [-0.2, -0.15) is 13.5 Å². The van der Waals surface area contributed by atoms with Crippen molar-refractivity contribution >= 4 is 67.2 Å². The zero-order chi connectivity index (χ0) is 39.0. The molecule has 0 unspecified atom stereocenters. The monoisotopic (exact) mass is 788 g/mol. The van der Waals surface area contributed by atoms with Gasteiger partial charge in [0.1, 0.15) is 28.9 Å². The normalized spacial score (nSPS) is 17.5. The molecule has 288 valence electrons. The van der Waals surface area contributed by atoms with E-state index < -0.39 is 45.1 Å². The van der Waals surface area contributed by atoms with E-state index in [2.05, 4.69) is 45.5 Å². The molecule has 0 aliphatic carbocycles. The average molecular weight is 789 g/mol. The number of likely N-dealkylation sites (tertiary alicyclic amines) is 1. The summed E-state index contributed by atoms with van der Waals surface area (Å²) in [5.74, 6) is -0.379. The molecule has 2 saturated heterocycles. The molecule has 6 rings (SSSR count). The first-order valence-corrected chi connectivity index (χ1v) is 18.4. The van der Waals surface area contributed by atoms with Gasteiger partial charge in [-0.25, -0.2) is 19.7 Å². The minimum Gasteiger partial charge on any atom is -0.493 e. The first-order chi connectivity index (χ1) is 25.3.